The van der Waals surface area contributed by atoms with Crippen molar-refractivity contribution in [2.24, 2.45) is 0 Å². The van der Waals surface area contributed by atoms with Crippen molar-refractivity contribution in [1.82, 2.24) is 0 Å². The number of hydrogen-bond acceptors (Lipinski definition) is 3. The predicted molar refractivity (Wildman–Crippen MR) is 54.5 cm³/mol. The zero-order valence-corrected chi connectivity index (χ0v) is 8.40. The van der Waals surface area contributed by atoms with Gasteiger partial charge in [0.2, 0.25) is 0 Å². The molecule has 2 rings (SSSR count). The summed E-state index contributed by atoms with van der Waals surface area (Å²) < 4.78 is 10.3. The zero-order chi connectivity index (χ0) is 11.0. The van der Waals surface area contributed by atoms with Gasteiger partial charge in [0.15, 0.2) is 11.3 Å². The summed E-state index contributed by atoms with van der Waals surface area (Å²) in [6, 6.07) is 3.57. The van der Waals surface area contributed by atoms with E-state index in [-0.39, 0.29) is 5.56 Å². The summed E-state index contributed by atoms with van der Waals surface area (Å²) >= 11 is 0. The molecule has 0 aliphatic rings. The van der Waals surface area contributed by atoms with Crippen LogP contribution in [0.3, 0.4) is 0 Å². The smallest absolute Gasteiger partial charge is 0.339 e. The van der Waals surface area contributed by atoms with Crippen LogP contribution in [0.4, 0.5) is 0 Å². The van der Waals surface area contributed by atoms with Crippen molar-refractivity contribution < 1.29 is 19.1 Å². The second kappa shape index (κ2) is 3.31. The molecule has 0 saturated heterocycles. The second-order valence-electron chi connectivity index (χ2n) is 3.30. The summed E-state index contributed by atoms with van der Waals surface area (Å²) in [4.78, 5) is 10.9. The van der Waals surface area contributed by atoms with Crippen LogP contribution < -0.4 is 4.74 Å². The Morgan fingerprint density at radius 3 is 2.80 bits per heavy atom. The Balaban J connectivity index is 2.80. The minimum atomic E-state index is -0.999. The van der Waals surface area contributed by atoms with E-state index in [0.29, 0.717) is 16.7 Å². The lowest BCUT2D eigenvalue weighted by molar-refractivity contribution is 0.0698. The molecular formula is C11H10O4. The third-order valence-electron chi connectivity index (χ3n) is 2.23. The molecule has 0 unspecified atom stereocenters. The number of hydrogen-bond donors (Lipinski definition) is 1. The Bertz CT molecular complexity index is 525. The van der Waals surface area contributed by atoms with Gasteiger partial charge in [-0.1, -0.05) is 0 Å². The number of benzene rings is 1. The van der Waals surface area contributed by atoms with Gasteiger partial charge in [0, 0.05) is 5.39 Å². The van der Waals surface area contributed by atoms with Gasteiger partial charge in [0.05, 0.1) is 7.11 Å². The van der Waals surface area contributed by atoms with Gasteiger partial charge in [0.1, 0.15) is 11.8 Å². The fourth-order valence-electron chi connectivity index (χ4n) is 1.56. The summed E-state index contributed by atoms with van der Waals surface area (Å²) in [6.45, 7) is 1.88. The molecule has 0 bridgehead atoms. The van der Waals surface area contributed by atoms with E-state index < -0.39 is 5.97 Å². The number of rotatable bonds is 2. The van der Waals surface area contributed by atoms with Gasteiger partial charge in [0.25, 0.3) is 0 Å². The average Bonchev–Trinajstić information content (AvgIpc) is 2.59. The summed E-state index contributed by atoms with van der Waals surface area (Å²) in [5.74, 6) is -0.445. The molecular weight excluding hydrogens is 196 g/mol. The first-order valence-corrected chi connectivity index (χ1v) is 4.42. The van der Waals surface area contributed by atoms with Crippen molar-refractivity contribution in [3.63, 3.8) is 0 Å². The molecule has 1 aromatic carbocycles. The molecule has 1 heterocycles. The number of aromatic carboxylic acids is 1. The summed E-state index contributed by atoms with van der Waals surface area (Å²) in [5, 5.41) is 9.49. The Kier molecular flexibility index (Phi) is 2.11. The minimum absolute atomic E-state index is 0.159. The van der Waals surface area contributed by atoms with Crippen LogP contribution in [0.1, 0.15) is 15.9 Å². The lowest BCUT2D eigenvalue weighted by atomic mass is 10.1. The van der Waals surface area contributed by atoms with E-state index in [2.05, 4.69) is 0 Å². The highest BCUT2D eigenvalue weighted by molar-refractivity contribution is 6.03. The molecule has 0 fully saturated rings. The van der Waals surface area contributed by atoms with E-state index in [4.69, 9.17) is 14.3 Å². The van der Waals surface area contributed by atoms with Crippen LogP contribution in [-0.4, -0.2) is 18.2 Å². The van der Waals surface area contributed by atoms with E-state index >= 15 is 0 Å². The number of carbonyl (C=O) groups is 1. The molecule has 0 amide bonds. The highest BCUT2D eigenvalue weighted by Gasteiger charge is 2.15. The molecule has 78 valence electrons. The van der Waals surface area contributed by atoms with Crippen LogP contribution in [0.5, 0.6) is 5.75 Å². The maximum absolute atomic E-state index is 10.9. The predicted octanol–water partition coefficient (Wildman–Crippen LogP) is 2.45. The Labute approximate surface area is 86.1 Å². The third-order valence-corrected chi connectivity index (χ3v) is 2.23. The molecule has 15 heavy (non-hydrogen) atoms. The fraction of sp³-hybridized carbons (Fsp3) is 0.182. The highest BCUT2D eigenvalue weighted by Crippen LogP contribution is 2.31. The Hall–Kier alpha value is -1.97. The van der Waals surface area contributed by atoms with Crippen molar-refractivity contribution in [3.8, 4) is 5.75 Å². The van der Waals surface area contributed by atoms with Crippen LogP contribution in [0.15, 0.2) is 22.8 Å². The molecule has 0 aliphatic carbocycles. The number of fused-ring (bicyclic) bond motifs is 1. The van der Waals surface area contributed by atoms with E-state index in [9.17, 15) is 4.79 Å². The van der Waals surface area contributed by atoms with Crippen LogP contribution in [0, 0.1) is 6.92 Å². The molecule has 1 aromatic heterocycles. The van der Waals surface area contributed by atoms with Gasteiger partial charge in [-0.2, -0.15) is 0 Å². The van der Waals surface area contributed by atoms with Gasteiger partial charge < -0.3 is 14.3 Å². The van der Waals surface area contributed by atoms with Gasteiger partial charge in [-0.05, 0) is 24.6 Å². The SMILES string of the molecule is COc1cc(C)cc2c(C(=O)O)coc12. The molecule has 1 N–H and O–H groups in total. The van der Waals surface area contributed by atoms with Crippen LogP contribution in [0.25, 0.3) is 11.0 Å². The molecule has 4 heteroatoms. The molecule has 2 aromatic rings. The average molecular weight is 206 g/mol. The fourth-order valence-corrected chi connectivity index (χ4v) is 1.56. The first kappa shape index (κ1) is 9.58. The number of carboxylic acid groups (broad SMARTS) is 1. The van der Waals surface area contributed by atoms with Gasteiger partial charge >= 0.3 is 5.97 Å². The molecule has 0 aliphatic heterocycles. The van der Waals surface area contributed by atoms with Crippen LogP contribution in [-0.2, 0) is 0 Å². The number of furan rings is 1. The summed E-state index contributed by atoms with van der Waals surface area (Å²) in [6.07, 6.45) is 1.23. The van der Waals surface area contributed by atoms with E-state index in [1.807, 2.05) is 6.92 Å². The Morgan fingerprint density at radius 1 is 1.47 bits per heavy atom. The lowest BCUT2D eigenvalue weighted by Gasteiger charge is -2.02. The lowest BCUT2D eigenvalue weighted by Crippen LogP contribution is -1.94. The number of aryl methyl sites for hydroxylation is 1. The second-order valence-corrected chi connectivity index (χ2v) is 3.30. The van der Waals surface area contributed by atoms with Gasteiger partial charge in [-0.3, -0.25) is 0 Å². The maximum Gasteiger partial charge on any atom is 0.339 e. The Morgan fingerprint density at radius 2 is 2.20 bits per heavy atom. The number of ether oxygens (including phenoxy) is 1. The van der Waals surface area contributed by atoms with Crippen molar-refractivity contribution in [2.45, 2.75) is 6.92 Å². The standard InChI is InChI=1S/C11H10O4/c1-6-3-7-8(11(12)13)5-15-10(7)9(4-6)14-2/h3-5H,1-2H3,(H,12,13). The van der Waals surface area contributed by atoms with E-state index in [0.717, 1.165) is 5.56 Å². The number of carboxylic acids is 1. The van der Waals surface area contributed by atoms with E-state index in [1.165, 1.54) is 13.4 Å². The van der Waals surface area contributed by atoms with Crippen molar-refractivity contribution >= 4 is 16.9 Å². The van der Waals surface area contributed by atoms with Gasteiger partial charge in [-0.25, -0.2) is 4.79 Å². The maximum atomic E-state index is 10.9. The first-order valence-electron chi connectivity index (χ1n) is 4.42. The largest absolute Gasteiger partial charge is 0.493 e. The molecule has 0 saturated carbocycles. The van der Waals surface area contributed by atoms with Crippen LogP contribution in [0.2, 0.25) is 0 Å². The monoisotopic (exact) mass is 206 g/mol. The third kappa shape index (κ3) is 1.44. The summed E-state index contributed by atoms with van der Waals surface area (Å²) in [5.41, 5.74) is 1.57. The molecule has 0 radical (unpaired) electrons. The summed E-state index contributed by atoms with van der Waals surface area (Å²) in [7, 11) is 1.52. The quantitative estimate of drug-likeness (QED) is 0.819. The highest BCUT2D eigenvalue weighted by atomic mass is 16.5. The van der Waals surface area contributed by atoms with Crippen molar-refractivity contribution in [2.75, 3.05) is 7.11 Å². The number of methoxy groups -OCH3 is 1. The first-order chi connectivity index (χ1) is 7.13. The van der Waals surface area contributed by atoms with E-state index in [1.54, 1.807) is 12.1 Å². The minimum Gasteiger partial charge on any atom is -0.493 e. The van der Waals surface area contributed by atoms with Crippen molar-refractivity contribution in [1.29, 1.82) is 0 Å². The topological polar surface area (TPSA) is 59.7 Å². The molecule has 0 atom stereocenters. The molecule has 4 nitrogen and oxygen atoms in total. The van der Waals surface area contributed by atoms with Crippen LogP contribution >= 0.6 is 0 Å². The molecule has 0 spiro atoms. The van der Waals surface area contributed by atoms with Crippen molar-refractivity contribution in [3.05, 3.63) is 29.5 Å². The zero-order valence-electron chi connectivity index (χ0n) is 8.40. The normalized spacial score (nSPS) is 10.5. The van der Waals surface area contributed by atoms with Gasteiger partial charge in [-0.15, -0.1) is 0 Å².